The Labute approximate surface area is 222 Å². The van der Waals surface area contributed by atoms with E-state index in [9.17, 15) is 9.90 Å². The molecule has 0 saturated heterocycles. The van der Waals surface area contributed by atoms with Crippen molar-refractivity contribution in [1.29, 1.82) is 0 Å². The van der Waals surface area contributed by atoms with Crippen LogP contribution in [0.1, 0.15) is 21.5 Å². The Bertz CT molecular complexity index is 1920. The summed E-state index contributed by atoms with van der Waals surface area (Å²) in [5, 5.41) is 18.2. The molecule has 6 nitrogen and oxygen atoms in total. The van der Waals surface area contributed by atoms with E-state index in [4.69, 9.17) is 9.41 Å². The quantitative estimate of drug-likeness (QED) is 0.253. The highest BCUT2D eigenvalue weighted by Gasteiger charge is 2.16. The zero-order valence-electron chi connectivity index (χ0n) is 20.7. The lowest BCUT2D eigenvalue weighted by Gasteiger charge is -2.07. The maximum atomic E-state index is 13.5. The molecule has 6 aromatic rings. The number of thiazole rings is 1. The van der Waals surface area contributed by atoms with E-state index in [0.29, 0.717) is 21.8 Å². The third kappa shape index (κ3) is 4.55. The Morgan fingerprint density at radius 2 is 1.74 bits per heavy atom. The highest BCUT2D eigenvalue weighted by Crippen LogP contribution is 2.28. The molecule has 7 heteroatoms. The SMILES string of the molecule is Cc1cccc(N=c2oc3cc(O)ccc3cc2C(=O)Nc2nc(-c3ccc4ccccc4c3)cs2)c1C. The van der Waals surface area contributed by atoms with Crippen LogP contribution in [0.4, 0.5) is 10.8 Å². The second kappa shape index (κ2) is 9.61. The summed E-state index contributed by atoms with van der Waals surface area (Å²) in [6.07, 6.45) is 0. The first-order valence-corrected chi connectivity index (χ1v) is 13.0. The molecule has 2 aromatic heterocycles. The molecule has 0 fully saturated rings. The summed E-state index contributed by atoms with van der Waals surface area (Å²) in [6, 6.07) is 26.6. The number of carbonyl (C=O) groups is 1. The third-order valence-corrected chi connectivity index (χ3v) is 7.30. The number of phenolic OH excluding ortho intramolecular Hbond substituents is 1. The number of anilines is 1. The number of nitrogens with one attached hydrogen (secondary N) is 1. The molecule has 38 heavy (non-hydrogen) atoms. The van der Waals surface area contributed by atoms with Gasteiger partial charge in [0, 0.05) is 22.4 Å². The van der Waals surface area contributed by atoms with Crippen LogP contribution in [0.5, 0.6) is 5.75 Å². The first-order valence-electron chi connectivity index (χ1n) is 12.1. The van der Waals surface area contributed by atoms with E-state index in [1.807, 2.05) is 55.6 Å². The number of fused-ring (bicyclic) bond motifs is 2. The van der Waals surface area contributed by atoms with Crippen molar-refractivity contribution in [2.45, 2.75) is 13.8 Å². The minimum absolute atomic E-state index is 0.0696. The lowest BCUT2D eigenvalue weighted by molar-refractivity contribution is 0.102. The maximum Gasteiger partial charge on any atom is 0.262 e. The van der Waals surface area contributed by atoms with Crippen LogP contribution in [0.2, 0.25) is 0 Å². The largest absolute Gasteiger partial charge is 0.508 e. The molecule has 0 aliphatic carbocycles. The van der Waals surface area contributed by atoms with Crippen LogP contribution in [0, 0.1) is 13.8 Å². The maximum absolute atomic E-state index is 13.5. The number of hydrogen-bond donors (Lipinski definition) is 2. The van der Waals surface area contributed by atoms with Crippen molar-refractivity contribution < 1.29 is 14.3 Å². The summed E-state index contributed by atoms with van der Waals surface area (Å²) in [7, 11) is 0. The molecular weight excluding hydrogens is 494 g/mol. The summed E-state index contributed by atoms with van der Waals surface area (Å²) in [6.45, 7) is 3.98. The predicted octanol–water partition coefficient (Wildman–Crippen LogP) is 7.52. The number of aromatic nitrogens is 1. The van der Waals surface area contributed by atoms with E-state index >= 15 is 0 Å². The van der Waals surface area contributed by atoms with E-state index in [1.54, 1.807) is 18.2 Å². The molecule has 186 valence electrons. The minimum Gasteiger partial charge on any atom is -0.508 e. The molecule has 2 heterocycles. The second-order valence-corrected chi connectivity index (χ2v) is 9.93. The lowest BCUT2D eigenvalue weighted by atomic mass is 10.1. The van der Waals surface area contributed by atoms with Gasteiger partial charge in [-0.2, -0.15) is 0 Å². The van der Waals surface area contributed by atoms with Crippen molar-refractivity contribution in [2.75, 3.05) is 5.32 Å². The number of amides is 1. The zero-order chi connectivity index (χ0) is 26.2. The predicted molar refractivity (Wildman–Crippen MR) is 152 cm³/mol. The number of aromatic hydroxyl groups is 1. The van der Waals surface area contributed by atoms with Crippen LogP contribution in [0.15, 0.2) is 99.7 Å². The number of phenols is 1. The molecule has 0 aliphatic rings. The molecule has 0 radical (unpaired) electrons. The number of carbonyl (C=O) groups excluding carboxylic acids is 1. The van der Waals surface area contributed by atoms with E-state index < -0.39 is 0 Å². The fourth-order valence-electron chi connectivity index (χ4n) is 4.30. The molecule has 1 amide bonds. The Kier molecular flexibility index (Phi) is 5.98. The van der Waals surface area contributed by atoms with E-state index in [2.05, 4.69) is 34.6 Å². The van der Waals surface area contributed by atoms with Gasteiger partial charge in [0.15, 0.2) is 5.13 Å². The molecule has 2 N–H and O–H groups in total. The Morgan fingerprint density at radius 1 is 0.921 bits per heavy atom. The van der Waals surface area contributed by atoms with Crippen LogP contribution < -0.4 is 10.9 Å². The van der Waals surface area contributed by atoms with E-state index in [-0.39, 0.29) is 22.8 Å². The summed E-state index contributed by atoms with van der Waals surface area (Å²) < 4.78 is 6.04. The molecular formula is C31H23N3O3S. The summed E-state index contributed by atoms with van der Waals surface area (Å²) in [5.74, 6) is -0.313. The van der Waals surface area contributed by atoms with Crippen LogP contribution in [-0.2, 0) is 0 Å². The minimum atomic E-state index is -0.382. The molecule has 0 spiro atoms. The van der Waals surface area contributed by atoms with Crippen LogP contribution in [0.3, 0.4) is 0 Å². The fraction of sp³-hybridized carbons (Fsp3) is 0.0645. The van der Waals surface area contributed by atoms with Crippen LogP contribution in [-0.4, -0.2) is 16.0 Å². The average Bonchev–Trinajstić information content (AvgIpc) is 3.39. The third-order valence-electron chi connectivity index (χ3n) is 6.55. The number of hydrogen-bond acceptors (Lipinski definition) is 6. The van der Waals surface area contributed by atoms with Crippen molar-refractivity contribution in [2.24, 2.45) is 4.99 Å². The van der Waals surface area contributed by atoms with Gasteiger partial charge < -0.3 is 9.52 Å². The standard InChI is InChI=1S/C31H23N3O3S/c1-18-6-5-9-26(19(18)2)32-30-25(15-23-12-13-24(35)16-28(23)37-30)29(36)34-31-33-27(17-38-31)22-11-10-20-7-3-4-8-21(20)14-22/h3-17,35H,1-2H3,(H,33,34,36). The summed E-state index contributed by atoms with van der Waals surface area (Å²) in [4.78, 5) is 22.9. The summed E-state index contributed by atoms with van der Waals surface area (Å²) in [5.41, 5.74) is 5.40. The van der Waals surface area contributed by atoms with Gasteiger partial charge in [-0.3, -0.25) is 10.1 Å². The number of aryl methyl sites for hydroxylation is 1. The van der Waals surface area contributed by atoms with Gasteiger partial charge in [-0.15, -0.1) is 11.3 Å². The molecule has 0 bridgehead atoms. The number of benzene rings is 4. The van der Waals surface area contributed by atoms with E-state index in [1.165, 1.54) is 17.4 Å². The van der Waals surface area contributed by atoms with Gasteiger partial charge in [0.2, 0.25) is 5.55 Å². The molecule has 0 saturated carbocycles. The molecule has 4 aromatic carbocycles. The lowest BCUT2D eigenvalue weighted by Crippen LogP contribution is -2.21. The van der Waals surface area contributed by atoms with Crippen molar-refractivity contribution in [3.63, 3.8) is 0 Å². The molecule has 0 atom stereocenters. The van der Waals surface area contributed by atoms with E-state index in [0.717, 1.165) is 33.2 Å². The smallest absolute Gasteiger partial charge is 0.262 e. The van der Waals surface area contributed by atoms with Gasteiger partial charge in [0.25, 0.3) is 5.91 Å². The number of nitrogens with zero attached hydrogens (tertiary/aromatic N) is 2. The monoisotopic (exact) mass is 517 g/mol. The Morgan fingerprint density at radius 3 is 2.61 bits per heavy atom. The van der Waals surface area contributed by atoms with Crippen molar-refractivity contribution in [3.8, 4) is 17.0 Å². The van der Waals surface area contributed by atoms with Gasteiger partial charge in [-0.25, -0.2) is 9.98 Å². The fourth-order valence-corrected chi connectivity index (χ4v) is 5.01. The highest BCUT2D eigenvalue weighted by molar-refractivity contribution is 7.14. The van der Waals surface area contributed by atoms with Crippen molar-refractivity contribution in [3.05, 3.63) is 113 Å². The topological polar surface area (TPSA) is 87.7 Å². The van der Waals surface area contributed by atoms with Gasteiger partial charge in [-0.05, 0) is 66.1 Å². The first-order chi connectivity index (χ1) is 18.4. The van der Waals surface area contributed by atoms with Crippen LogP contribution in [0.25, 0.3) is 33.0 Å². The van der Waals surface area contributed by atoms with Gasteiger partial charge in [-0.1, -0.05) is 48.5 Å². The van der Waals surface area contributed by atoms with Crippen LogP contribution >= 0.6 is 11.3 Å². The molecule has 6 rings (SSSR count). The van der Waals surface area contributed by atoms with Gasteiger partial charge in [0.05, 0.1) is 11.4 Å². The van der Waals surface area contributed by atoms with Crippen molar-refractivity contribution >= 4 is 49.8 Å². The second-order valence-electron chi connectivity index (χ2n) is 9.07. The first kappa shape index (κ1) is 23.6. The highest BCUT2D eigenvalue weighted by atomic mass is 32.1. The van der Waals surface area contributed by atoms with Crippen molar-refractivity contribution in [1.82, 2.24) is 4.98 Å². The van der Waals surface area contributed by atoms with Gasteiger partial charge >= 0.3 is 0 Å². The summed E-state index contributed by atoms with van der Waals surface area (Å²) >= 11 is 1.36. The number of rotatable bonds is 4. The zero-order valence-corrected chi connectivity index (χ0v) is 21.5. The molecule has 0 aliphatic heterocycles. The van der Waals surface area contributed by atoms with Gasteiger partial charge in [0.1, 0.15) is 16.9 Å². The Hall–Kier alpha value is -4.75. The molecule has 0 unspecified atom stereocenters. The normalized spacial score (nSPS) is 11.8. The average molecular weight is 518 g/mol. The Balaban J connectivity index is 1.38.